The maximum Gasteiger partial charge on any atom is 0.379 e. The number of halogens is 2. The van der Waals surface area contributed by atoms with E-state index in [2.05, 4.69) is 42.0 Å². The largest absolute Gasteiger partial charge is 0.506 e. The Morgan fingerprint density at radius 1 is 1.42 bits per heavy atom. The molecule has 0 fully saturated rings. The lowest BCUT2D eigenvalue weighted by Crippen LogP contribution is -2.06. The lowest BCUT2D eigenvalue weighted by molar-refractivity contribution is 0.0508. The van der Waals surface area contributed by atoms with Crippen LogP contribution in [0.25, 0.3) is 11.5 Å². The Kier molecular flexibility index (Phi) is 4.20. The van der Waals surface area contributed by atoms with Crippen LogP contribution in [0.15, 0.2) is 25.6 Å². The number of benzene rings is 1. The highest BCUT2D eigenvalue weighted by atomic mass is 79.9. The van der Waals surface area contributed by atoms with E-state index in [1.807, 2.05) is 0 Å². The molecule has 2 rings (SSSR count). The summed E-state index contributed by atoms with van der Waals surface area (Å²) in [5.74, 6) is -0.565. The highest BCUT2D eigenvalue weighted by molar-refractivity contribution is 9.11. The molecular weight excluding hydrogens is 384 g/mol. The Hall–Kier alpha value is -1.41. The van der Waals surface area contributed by atoms with Gasteiger partial charge in [0.15, 0.2) is 0 Å². The van der Waals surface area contributed by atoms with Crippen molar-refractivity contribution in [2.45, 2.75) is 6.92 Å². The molecule has 0 saturated heterocycles. The van der Waals surface area contributed by atoms with Crippen LogP contribution in [0.1, 0.15) is 17.5 Å². The van der Waals surface area contributed by atoms with E-state index in [1.54, 1.807) is 19.1 Å². The number of phenols is 1. The number of hydrogen-bond donors (Lipinski definition) is 1. The first-order chi connectivity index (χ1) is 9.02. The van der Waals surface area contributed by atoms with Gasteiger partial charge in [-0.05, 0) is 56.1 Å². The fourth-order valence-electron chi connectivity index (χ4n) is 1.31. The molecule has 1 N–H and O–H groups in total. The van der Waals surface area contributed by atoms with E-state index in [0.717, 1.165) is 0 Å². The van der Waals surface area contributed by atoms with Gasteiger partial charge in [-0.15, -0.1) is 0 Å². The molecule has 0 saturated carbocycles. The first-order valence-electron chi connectivity index (χ1n) is 5.22. The van der Waals surface area contributed by atoms with Crippen LogP contribution in [0.5, 0.6) is 5.75 Å². The van der Waals surface area contributed by atoms with E-state index in [4.69, 9.17) is 9.26 Å². The highest BCUT2D eigenvalue weighted by Crippen LogP contribution is 2.36. The summed E-state index contributed by atoms with van der Waals surface area (Å²) in [4.78, 5) is 15.3. The predicted octanol–water partition coefficient (Wildman–Crippen LogP) is 3.14. The molecule has 0 aliphatic rings. The molecule has 1 aromatic carbocycles. The van der Waals surface area contributed by atoms with Gasteiger partial charge < -0.3 is 14.4 Å². The predicted molar refractivity (Wildman–Crippen MR) is 72.8 cm³/mol. The van der Waals surface area contributed by atoms with Crippen LogP contribution in [0, 0.1) is 0 Å². The van der Waals surface area contributed by atoms with Crippen LogP contribution < -0.4 is 0 Å². The minimum Gasteiger partial charge on any atom is -0.506 e. The molecule has 0 aliphatic heterocycles. The van der Waals surface area contributed by atoms with Gasteiger partial charge in [0.25, 0.3) is 11.7 Å². The van der Waals surface area contributed by atoms with Crippen molar-refractivity contribution in [2.24, 2.45) is 0 Å². The highest BCUT2D eigenvalue weighted by Gasteiger charge is 2.18. The molecule has 0 amide bonds. The summed E-state index contributed by atoms with van der Waals surface area (Å²) in [6, 6.07) is 3.20. The molecule has 0 aliphatic carbocycles. The Balaban J connectivity index is 2.35. The van der Waals surface area contributed by atoms with Gasteiger partial charge in [-0.2, -0.15) is 4.98 Å². The van der Waals surface area contributed by atoms with E-state index in [1.165, 1.54) is 0 Å². The van der Waals surface area contributed by atoms with Gasteiger partial charge in [0, 0.05) is 5.56 Å². The molecule has 0 bridgehead atoms. The molecule has 100 valence electrons. The van der Waals surface area contributed by atoms with E-state index in [0.29, 0.717) is 14.5 Å². The zero-order valence-corrected chi connectivity index (χ0v) is 12.9. The maximum absolute atomic E-state index is 11.4. The fraction of sp³-hybridized carbons (Fsp3) is 0.182. The van der Waals surface area contributed by atoms with Crippen molar-refractivity contribution in [3.8, 4) is 17.2 Å². The van der Waals surface area contributed by atoms with Crippen molar-refractivity contribution in [1.82, 2.24) is 10.1 Å². The van der Waals surface area contributed by atoms with Gasteiger partial charge in [0.05, 0.1) is 15.6 Å². The number of nitrogens with zero attached hydrogens (tertiary/aromatic N) is 2. The number of ether oxygens (including phenoxy) is 1. The molecule has 0 unspecified atom stereocenters. The van der Waals surface area contributed by atoms with Crippen molar-refractivity contribution >= 4 is 37.8 Å². The summed E-state index contributed by atoms with van der Waals surface area (Å²) >= 11 is 6.39. The third-order valence-electron chi connectivity index (χ3n) is 2.15. The number of rotatable bonds is 3. The van der Waals surface area contributed by atoms with Crippen LogP contribution in [-0.2, 0) is 4.74 Å². The van der Waals surface area contributed by atoms with Crippen LogP contribution in [0.4, 0.5) is 0 Å². The quantitative estimate of drug-likeness (QED) is 0.809. The zero-order valence-electron chi connectivity index (χ0n) is 9.68. The summed E-state index contributed by atoms with van der Waals surface area (Å²) in [5.41, 5.74) is 0.555. The minimum atomic E-state index is -0.644. The van der Waals surface area contributed by atoms with Gasteiger partial charge in [-0.25, -0.2) is 4.79 Å². The smallest absolute Gasteiger partial charge is 0.379 e. The van der Waals surface area contributed by atoms with Crippen molar-refractivity contribution in [3.05, 3.63) is 26.9 Å². The third kappa shape index (κ3) is 2.95. The number of aromatic hydroxyl groups is 1. The topological polar surface area (TPSA) is 85.5 Å². The molecule has 19 heavy (non-hydrogen) atoms. The summed E-state index contributed by atoms with van der Waals surface area (Å²) in [6.07, 6.45) is 0. The monoisotopic (exact) mass is 390 g/mol. The van der Waals surface area contributed by atoms with E-state index in [-0.39, 0.29) is 24.1 Å². The number of hydrogen-bond acceptors (Lipinski definition) is 6. The van der Waals surface area contributed by atoms with Crippen LogP contribution in [0.2, 0.25) is 0 Å². The van der Waals surface area contributed by atoms with E-state index >= 15 is 0 Å². The number of carbonyl (C=O) groups excluding carboxylic acids is 1. The number of esters is 1. The van der Waals surface area contributed by atoms with Crippen molar-refractivity contribution in [3.63, 3.8) is 0 Å². The molecule has 0 atom stereocenters. The summed E-state index contributed by atoms with van der Waals surface area (Å²) in [5, 5.41) is 13.1. The average molecular weight is 392 g/mol. The molecule has 1 aromatic heterocycles. The van der Waals surface area contributed by atoms with Crippen molar-refractivity contribution in [2.75, 3.05) is 6.61 Å². The van der Waals surface area contributed by atoms with Crippen LogP contribution >= 0.6 is 31.9 Å². The Morgan fingerprint density at radius 3 is 2.63 bits per heavy atom. The lowest BCUT2D eigenvalue weighted by atomic mass is 10.2. The molecular formula is C11H8Br2N2O4. The van der Waals surface area contributed by atoms with Gasteiger partial charge in [-0.1, -0.05) is 0 Å². The van der Waals surface area contributed by atoms with Gasteiger partial charge in [0.1, 0.15) is 5.75 Å². The van der Waals surface area contributed by atoms with Crippen LogP contribution in [0.3, 0.4) is 0 Å². The Morgan fingerprint density at radius 2 is 2.05 bits per heavy atom. The standard InChI is InChI=1S/C11H8Br2N2O4/c1-2-18-11(17)9-14-10(19-15-9)5-3-6(12)8(16)7(13)4-5/h3-4,16H,2H2,1H3. The molecule has 1 heterocycles. The number of carbonyl (C=O) groups is 1. The number of phenolic OH excluding ortho intramolecular Hbond substituents is 1. The fourth-order valence-corrected chi connectivity index (χ4v) is 2.49. The number of aromatic nitrogens is 2. The second-order valence-electron chi connectivity index (χ2n) is 3.43. The summed E-state index contributed by atoms with van der Waals surface area (Å²) in [6.45, 7) is 1.92. The minimum absolute atomic E-state index is 0.0638. The van der Waals surface area contributed by atoms with Crippen molar-refractivity contribution < 1.29 is 19.2 Å². The first kappa shape index (κ1) is 14.0. The van der Waals surface area contributed by atoms with Gasteiger partial charge >= 0.3 is 5.97 Å². The zero-order chi connectivity index (χ0) is 14.0. The van der Waals surface area contributed by atoms with E-state index in [9.17, 15) is 9.90 Å². The van der Waals surface area contributed by atoms with Gasteiger partial charge in [0.2, 0.25) is 0 Å². The third-order valence-corrected chi connectivity index (χ3v) is 3.36. The van der Waals surface area contributed by atoms with Gasteiger partial charge in [-0.3, -0.25) is 0 Å². The summed E-state index contributed by atoms with van der Waals surface area (Å²) < 4.78 is 10.7. The van der Waals surface area contributed by atoms with Crippen LogP contribution in [-0.4, -0.2) is 27.8 Å². The molecule has 2 aromatic rings. The second kappa shape index (κ2) is 5.70. The second-order valence-corrected chi connectivity index (χ2v) is 5.14. The molecule has 0 radical (unpaired) electrons. The van der Waals surface area contributed by atoms with Crippen molar-refractivity contribution in [1.29, 1.82) is 0 Å². The summed E-state index contributed by atoms with van der Waals surface area (Å²) in [7, 11) is 0. The average Bonchev–Trinajstić information content (AvgIpc) is 2.85. The molecule has 6 nitrogen and oxygen atoms in total. The molecule has 8 heteroatoms. The first-order valence-corrected chi connectivity index (χ1v) is 6.80. The Labute approximate surface area is 125 Å². The Bertz CT molecular complexity index is 604. The lowest BCUT2D eigenvalue weighted by Gasteiger charge is -2.01. The van der Waals surface area contributed by atoms with E-state index < -0.39 is 5.97 Å². The SMILES string of the molecule is CCOC(=O)c1noc(-c2cc(Br)c(O)c(Br)c2)n1. The normalized spacial score (nSPS) is 10.5. The maximum atomic E-state index is 11.4. The molecule has 0 spiro atoms.